The van der Waals surface area contributed by atoms with Crippen LogP contribution in [0.4, 0.5) is 4.39 Å². The van der Waals surface area contributed by atoms with E-state index < -0.39 is 11.8 Å². The smallest absolute Gasteiger partial charge is 0.340 e. The Bertz CT molecular complexity index is 851. The molecule has 27 heavy (non-hydrogen) atoms. The highest BCUT2D eigenvalue weighted by molar-refractivity contribution is 6.16. The van der Waals surface area contributed by atoms with E-state index in [1.807, 2.05) is 0 Å². The molecule has 0 bridgehead atoms. The maximum atomic E-state index is 14.1. The van der Waals surface area contributed by atoms with Crippen LogP contribution in [0.2, 0.25) is 0 Å². The van der Waals surface area contributed by atoms with Gasteiger partial charge < -0.3 is 9.64 Å². The van der Waals surface area contributed by atoms with Gasteiger partial charge in [0.15, 0.2) is 0 Å². The van der Waals surface area contributed by atoms with Gasteiger partial charge in [0.25, 0.3) is 5.91 Å². The van der Waals surface area contributed by atoms with Crippen molar-refractivity contribution in [3.05, 3.63) is 64.1 Å². The van der Waals surface area contributed by atoms with Crippen LogP contribution in [0.3, 0.4) is 0 Å². The van der Waals surface area contributed by atoms with E-state index in [0.29, 0.717) is 12.2 Å². The number of halogens is 1. The van der Waals surface area contributed by atoms with Crippen molar-refractivity contribution < 1.29 is 18.7 Å². The lowest BCUT2D eigenvalue weighted by atomic mass is 9.97. The number of carbonyl (C=O) groups excluding carboxylic acids is 2. The van der Waals surface area contributed by atoms with Crippen LogP contribution >= 0.6 is 0 Å². The van der Waals surface area contributed by atoms with Gasteiger partial charge in [0.05, 0.1) is 18.3 Å². The van der Waals surface area contributed by atoms with Crippen LogP contribution in [0.5, 0.6) is 0 Å². The third-order valence-corrected chi connectivity index (χ3v) is 5.15. The number of methoxy groups -OCH3 is 1. The van der Waals surface area contributed by atoms with Gasteiger partial charge in [0.2, 0.25) is 0 Å². The summed E-state index contributed by atoms with van der Waals surface area (Å²) in [6.45, 7) is 2.24. The van der Waals surface area contributed by atoms with Crippen molar-refractivity contribution in [2.45, 2.75) is 39.0 Å². The first-order chi connectivity index (χ1) is 13.0. The molecule has 0 aromatic heterocycles. The number of esters is 1. The highest BCUT2D eigenvalue weighted by atomic mass is 19.1. The summed E-state index contributed by atoms with van der Waals surface area (Å²) in [6.07, 6.45) is 9.02. The molecular weight excluding hydrogens is 345 g/mol. The lowest BCUT2D eigenvalue weighted by Gasteiger charge is -2.20. The minimum Gasteiger partial charge on any atom is -0.465 e. The zero-order valence-electron chi connectivity index (χ0n) is 15.8. The fourth-order valence-corrected chi connectivity index (χ4v) is 3.63. The monoisotopic (exact) mass is 369 g/mol. The largest absolute Gasteiger partial charge is 0.465 e. The fourth-order valence-electron chi connectivity index (χ4n) is 3.63. The molecule has 0 saturated carbocycles. The van der Waals surface area contributed by atoms with E-state index in [1.54, 1.807) is 30.0 Å². The Morgan fingerprint density at radius 3 is 2.74 bits per heavy atom. The maximum absolute atomic E-state index is 14.1. The van der Waals surface area contributed by atoms with Gasteiger partial charge in [-0.05, 0) is 51.2 Å². The van der Waals surface area contributed by atoms with Crippen molar-refractivity contribution in [1.29, 1.82) is 0 Å². The Morgan fingerprint density at radius 2 is 2.07 bits per heavy atom. The molecule has 142 valence electrons. The van der Waals surface area contributed by atoms with Gasteiger partial charge in [0, 0.05) is 17.8 Å². The lowest BCUT2D eigenvalue weighted by molar-refractivity contribution is -0.136. The number of ether oxygens (including phenoxy) is 1. The third kappa shape index (κ3) is 4.02. The Morgan fingerprint density at radius 1 is 1.30 bits per heavy atom. The number of rotatable bonds is 5. The SMILES string of the molecule is COC(=O)C1=C(C)N(CCC2=CCCCC2)C(=O)/C1=C\c1ccccc1F. The molecule has 2 aliphatic rings. The molecule has 3 rings (SSSR count). The summed E-state index contributed by atoms with van der Waals surface area (Å²) >= 11 is 0. The molecular formula is C22H24FNO3. The molecule has 0 atom stereocenters. The van der Waals surface area contributed by atoms with Crippen LogP contribution in [-0.2, 0) is 14.3 Å². The highest BCUT2D eigenvalue weighted by Gasteiger charge is 2.36. The topological polar surface area (TPSA) is 46.6 Å². The van der Waals surface area contributed by atoms with Crippen molar-refractivity contribution in [3.8, 4) is 0 Å². The van der Waals surface area contributed by atoms with Gasteiger partial charge in [0.1, 0.15) is 5.82 Å². The number of carbonyl (C=O) groups is 2. The van der Waals surface area contributed by atoms with E-state index in [2.05, 4.69) is 6.08 Å². The van der Waals surface area contributed by atoms with E-state index in [9.17, 15) is 14.0 Å². The van der Waals surface area contributed by atoms with E-state index in [4.69, 9.17) is 4.74 Å². The van der Waals surface area contributed by atoms with Crippen LogP contribution in [0.25, 0.3) is 6.08 Å². The van der Waals surface area contributed by atoms with Gasteiger partial charge in [-0.2, -0.15) is 0 Å². The summed E-state index contributed by atoms with van der Waals surface area (Å²) in [7, 11) is 1.28. The first kappa shape index (κ1) is 19.1. The summed E-state index contributed by atoms with van der Waals surface area (Å²) in [4.78, 5) is 26.9. The molecule has 1 amide bonds. The molecule has 0 fully saturated rings. The first-order valence-electron chi connectivity index (χ1n) is 9.28. The minimum atomic E-state index is -0.581. The Hall–Kier alpha value is -2.69. The first-order valence-corrected chi connectivity index (χ1v) is 9.28. The van der Waals surface area contributed by atoms with Crippen molar-refractivity contribution >= 4 is 18.0 Å². The number of benzene rings is 1. The van der Waals surface area contributed by atoms with Crippen molar-refractivity contribution in [2.24, 2.45) is 0 Å². The number of hydrogen-bond donors (Lipinski definition) is 0. The lowest BCUT2D eigenvalue weighted by Crippen LogP contribution is -2.26. The number of allylic oxidation sites excluding steroid dienone is 2. The molecule has 0 N–H and O–H groups in total. The van der Waals surface area contributed by atoms with Crippen molar-refractivity contribution in [1.82, 2.24) is 4.90 Å². The predicted octanol–water partition coefficient (Wildman–Crippen LogP) is 4.39. The van der Waals surface area contributed by atoms with Crippen molar-refractivity contribution in [3.63, 3.8) is 0 Å². The Balaban J connectivity index is 1.91. The summed E-state index contributed by atoms with van der Waals surface area (Å²) < 4.78 is 18.9. The molecule has 5 heteroatoms. The van der Waals surface area contributed by atoms with Crippen LogP contribution in [0.15, 0.2) is 52.8 Å². The highest BCUT2D eigenvalue weighted by Crippen LogP contribution is 2.33. The molecule has 1 aliphatic heterocycles. The predicted molar refractivity (Wildman–Crippen MR) is 102 cm³/mol. The van der Waals surface area contributed by atoms with Crippen LogP contribution < -0.4 is 0 Å². The maximum Gasteiger partial charge on any atom is 0.340 e. The van der Waals surface area contributed by atoms with Crippen LogP contribution in [0, 0.1) is 5.82 Å². The van der Waals surface area contributed by atoms with E-state index in [1.165, 1.54) is 37.7 Å². The Labute approximate surface area is 159 Å². The number of nitrogens with zero attached hydrogens (tertiary/aromatic N) is 1. The standard InChI is InChI=1S/C22H24FNO3/c1-15-20(22(26)27-2)18(14-17-10-6-7-11-19(17)23)21(25)24(15)13-12-16-8-4-3-5-9-16/h6-8,10-11,14H,3-5,9,12-13H2,1-2H3/b18-14-. The van der Waals surface area contributed by atoms with Gasteiger partial charge in [-0.15, -0.1) is 0 Å². The average molecular weight is 369 g/mol. The molecule has 0 radical (unpaired) electrons. The number of hydrogen-bond acceptors (Lipinski definition) is 3. The van der Waals surface area contributed by atoms with Crippen LogP contribution in [0.1, 0.15) is 44.6 Å². The molecule has 1 heterocycles. The summed E-state index contributed by atoms with van der Waals surface area (Å²) in [5.74, 6) is -1.30. The fraction of sp³-hybridized carbons (Fsp3) is 0.364. The zero-order valence-corrected chi connectivity index (χ0v) is 15.8. The summed E-state index contributed by atoms with van der Waals surface area (Å²) in [6, 6.07) is 6.18. The molecule has 1 aromatic carbocycles. The van der Waals surface area contributed by atoms with E-state index in [-0.39, 0.29) is 22.6 Å². The molecule has 4 nitrogen and oxygen atoms in total. The molecule has 0 spiro atoms. The van der Waals surface area contributed by atoms with Crippen molar-refractivity contribution in [2.75, 3.05) is 13.7 Å². The minimum absolute atomic E-state index is 0.182. The van der Waals surface area contributed by atoms with Gasteiger partial charge >= 0.3 is 5.97 Å². The van der Waals surface area contributed by atoms with Gasteiger partial charge in [-0.3, -0.25) is 4.79 Å². The van der Waals surface area contributed by atoms with Gasteiger partial charge in [-0.1, -0.05) is 29.8 Å². The van der Waals surface area contributed by atoms with E-state index in [0.717, 1.165) is 19.3 Å². The summed E-state index contributed by atoms with van der Waals surface area (Å²) in [5.41, 5.74) is 2.58. The Kier molecular flexibility index (Phi) is 5.89. The molecule has 0 unspecified atom stereocenters. The molecule has 1 aliphatic carbocycles. The number of amides is 1. The van der Waals surface area contributed by atoms with E-state index >= 15 is 0 Å². The quantitative estimate of drug-likeness (QED) is 0.439. The normalized spacial score (nSPS) is 18.9. The summed E-state index contributed by atoms with van der Waals surface area (Å²) in [5, 5.41) is 0. The zero-order chi connectivity index (χ0) is 19.4. The average Bonchev–Trinajstić information content (AvgIpc) is 2.92. The third-order valence-electron chi connectivity index (χ3n) is 5.15. The molecule has 0 saturated heterocycles. The van der Waals surface area contributed by atoms with Crippen LogP contribution in [-0.4, -0.2) is 30.4 Å². The molecule has 1 aromatic rings. The van der Waals surface area contributed by atoms with Gasteiger partial charge in [-0.25, -0.2) is 9.18 Å². The second-order valence-electron chi connectivity index (χ2n) is 6.85. The second kappa shape index (κ2) is 8.33. The second-order valence-corrected chi connectivity index (χ2v) is 6.85.